The lowest BCUT2D eigenvalue weighted by Crippen LogP contribution is -2.24. The number of nitrogens with zero attached hydrogens (tertiary/aromatic N) is 2. The summed E-state index contributed by atoms with van der Waals surface area (Å²) in [7, 11) is 0.977. The first-order valence-electron chi connectivity index (χ1n) is 8.72. The smallest absolute Gasteiger partial charge is 0.273 e. The molecule has 0 unspecified atom stereocenters. The number of sulfonamides is 1. The molecule has 1 amide bonds. The summed E-state index contributed by atoms with van der Waals surface area (Å²) < 4.78 is 36.0. The first kappa shape index (κ1) is 20.6. The molecule has 9 heteroatoms. The third-order valence-electron chi connectivity index (χ3n) is 4.25. The van der Waals surface area contributed by atoms with Gasteiger partial charge in [-0.05, 0) is 42.0 Å². The highest BCUT2D eigenvalue weighted by molar-refractivity contribution is 7.89. The Bertz CT molecular complexity index is 1110. The molecular weight excluding hydrogens is 394 g/mol. The van der Waals surface area contributed by atoms with Gasteiger partial charge in [0, 0.05) is 32.3 Å². The summed E-state index contributed by atoms with van der Waals surface area (Å²) in [6.07, 6.45) is 0. The summed E-state index contributed by atoms with van der Waals surface area (Å²) in [5, 5.41) is 6.52. The number of ether oxygens (including phenoxy) is 1. The van der Waals surface area contributed by atoms with Crippen molar-refractivity contribution in [3.05, 3.63) is 65.9 Å². The number of amides is 1. The average Bonchev–Trinajstić information content (AvgIpc) is 3.22. The van der Waals surface area contributed by atoms with Gasteiger partial charge in [-0.15, -0.1) is 0 Å². The lowest BCUT2D eigenvalue weighted by molar-refractivity contribution is 0.0942. The SMILES string of the molecule is COc1ccc(-c2cc(C(=O)NCc3cccc(S(=O)(=O)N(C)C)c3)no2)cc1. The van der Waals surface area contributed by atoms with Crippen molar-refractivity contribution in [3.8, 4) is 17.1 Å². The Morgan fingerprint density at radius 3 is 2.52 bits per heavy atom. The van der Waals surface area contributed by atoms with Gasteiger partial charge in [-0.2, -0.15) is 0 Å². The molecule has 0 aliphatic rings. The molecule has 0 atom stereocenters. The van der Waals surface area contributed by atoms with Crippen LogP contribution in [0.25, 0.3) is 11.3 Å². The molecule has 0 aliphatic heterocycles. The lowest BCUT2D eigenvalue weighted by Gasteiger charge is -2.12. The van der Waals surface area contributed by atoms with Gasteiger partial charge in [-0.3, -0.25) is 4.79 Å². The summed E-state index contributed by atoms with van der Waals surface area (Å²) in [4.78, 5) is 12.5. The average molecular weight is 415 g/mol. The van der Waals surface area contributed by atoms with E-state index in [1.54, 1.807) is 49.6 Å². The van der Waals surface area contributed by atoms with Crippen molar-refractivity contribution in [3.63, 3.8) is 0 Å². The van der Waals surface area contributed by atoms with Crippen molar-refractivity contribution in [1.29, 1.82) is 0 Å². The highest BCUT2D eigenvalue weighted by atomic mass is 32.2. The lowest BCUT2D eigenvalue weighted by atomic mass is 10.1. The van der Waals surface area contributed by atoms with Crippen molar-refractivity contribution >= 4 is 15.9 Å². The number of nitrogens with one attached hydrogen (secondary N) is 1. The molecule has 1 N–H and O–H groups in total. The van der Waals surface area contributed by atoms with Crippen molar-refractivity contribution in [1.82, 2.24) is 14.8 Å². The minimum Gasteiger partial charge on any atom is -0.497 e. The summed E-state index contributed by atoms with van der Waals surface area (Å²) in [5.74, 6) is 0.746. The van der Waals surface area contributed by atoms with Gasteiger partial charge >= 0.3 is 0 Å². The zero-order chi connectivity index (χ0) is 21.0. The van der Waals surface area contributed by atoms with Gasteiger partial charge in [0.05, 0.1) is 12.0 Å². The van der Waals surface area contributed by atoms with E-state index < -0.39 is 15.9 Å². The van der Waals surface area contributed by atoms with E-state index in [-0.39, 0.29) is 17.1 Å². The van der Waals surface area contributed by atoms with Crippen LogP contribution in [-0.4, -0.2) is 45.0 Å². The van der Waals surface area contributed by atoms with E-state index >= 15 is 0 Å². The maximum absolute atomic E-state index is 12.4. The topological polar surface area (TPSA) is 102 Å². The van der Waals surface area contributed by atoms with Crippen molar-refractivity contribution in [2.45, 2.75) is 11.4 Å². The summed E-state index contributed by atoms with van der Waals surface area (Å²) in [6.45, 7) is 0.153. The van der Waals surface area contributed by atoms with E-state index in [2.05, 4.69) is 10.5 Å². The van der Waals surface area contributed by atoms with Crippen molar-refractivity contribution in [2.24, 2.45) is 0 Å². The van der Waals surface area contributed by atoms with Crippen LogP contribution in [0.15, 0.2) is 64.0 Å². The second kappa shape index (κ2) is 8.46. The van der Waals surface area contributed by atoms with Gasteiger partial charge in [0.2, 0.25) is 10.0 Å². The van der Waals surface area contributed by atoms with Gasteiger partial charge in [-0.25, -0.2) is 12.7 Å². The van der Waals surface area contributed by atoms with E-state index in [1.165, 1.54) is 26.2 Å². The van der Waals surface area contributed by atoms with Crippen LogP contribution in [0.3, 0.4) is 0 Å². The van der Waals surface area contributed by atoms with Gasteiger partial charge in [0.15, 0.2) is 11.5 Å². The Hall–Kier alpha value is -3.17. The molecule has 0 saturated carbocycles. The number of benzene rings is 2. The summed E-state index contributed by atoms with van der Waals surface area (Å²) in [5.41, 5.74) is 1.55. The highest BCUT2D eigenvalue weighted by Crippen LogP contribution is 2.23. The maximum Gasteiger partial charge on any atom is 0.273 e. The largest absolute Gasteiger partial charge is 0.497 e. The van der Waals surface area contributed by atoms with Crippen LogP contribution in [0.4, 0.5) is 0 Å². The van der Waals surface area contributed by atoms with Crippen LogP contribution in [0.2, 0.25) is 0 Å². The van der Waals surface area contributed by atoms with Crippen LogP contribution in [0.1, 0.15) is 16.1 Å². The molecule has 0 radical (unpaired) electrons. The Labute approximate surface area is 169 Å². The zero-order valence-corrected chi connectivity index (χ0v) is 17.1. The first-order valence-corrected chi connectivity index (χ1v) is 10.2. The zero-order valence-electron chi connectivity index (χ0n) is 16.2. The Morgan fingerprint density at radius 2 is 1.86 bits per heavy atom. The van der Waals surface area contributed by atoms with Gasteiger partial charge in [-0.1, -0.05) is 17.3 Å². The van der Waals surface area contributed by atoms with E-state index in [9.17, 15) is 13.2 Å². The van der Waals surface area contributed by atoms with Crippen LogP contribution in [0, 0.1) is 0 Å². The third-order valence-corrected chi connectivity index (χ3v) is 6.06. The monoisotopic (exact) mass is 415 g/mol. The quantitative estimate of drug-likeness (QED) is 0.636. The number of rotatable bonds is 7. The molecular formula is C20H21N3O5S. The number of methoxy groups -OCH3 is 1. The van der Waals surface area contributed by atoms with Gasteiger partial charge in [0.25, 0.3) is 5.91 Å². The molecule has 152 valence electrons. The van der Waals surface area contributed by atoms with Crippen LogP contribution in [0.5, 0.6) is 5.75 Å². The molecule has 0 aliphatic carbocycles. The molecule has 1 heterocycles. The Kier molecular flexibility index (Phi) is 6.00. The Balaban J connectivity index is 1.68. The van der Waals surface area contributed by atoms with Gasteiger partial charge in [0.1, 0.15) is 5.75 Å². The second-order valence-electron chi connectivity index (χ2n) is 6.42. The van der Waals surface area contributed by atoms with E-state index in [0.717, 1.165) is 9.87 Å². The van der Waals surface area contributed by atoms with E-state index in [0.29, 0.717) is 17.1 Å². The highest BCUT2D eigenvalue weighted by Gasteiger charge is 2.18. The number of aromatic nitrogens is 1. The third kappa shape index (κ3) is 4.64. The number of carbonyl (C=O) groups excluding carboxylic acids is 1. The predicted octanol–water partition coefficient (Wildman–Crippen LogP) is 2.53. The normalized spacial score (nSPS) is 11.4. The molecule has 1 aromatic heterocycles. The summed E-state index contributed by atoms with van der Waals surface area (Å²) in [6, 6.07) is 15.1. The molecule has 0 spiro atoms. The van der Waals surface area contributed by atoms with Gasteiger partial charge < -0.3 is 14.6 Å². The molecule has 29 heavy (non-hydrogen) atoms. The molecule has 3 aromatic rings. The van der Waals surface area contributed by atoms with Crippen LogP contribution < -0.4 is 10.1 Å². The van der Waals surface area contributed by atoms with Crippen molar-refractivity contribution in [2.75, 3.05) is 21.2 Å². The fraction of sp³-hybridized carbons (Fsp3) is 0.200. The number of hydrogen-bond donors (Lipinski definition) is 1. The van der Waals surface area contributed by atoms with Crippen molar-refractivity contribution < 1.29 is 22.5 Å². The first-order chi connectivity index (χ1) is 13.8. The molecule has 0 fully saturated rings. The predicted molar refractivity (Wildman–Crippen MR) is 107 cm³/mol. The van der Waals surface area contributed by atoms with E-state index in [4.69, 9.17) is 9.26 Å². The molecule has 0 saturated heterocycles. The Morgan fingerprint density at radius 1 is 1.14 bits per heavy atom. The molecule has 0 bridgehead atoms. The summed E-state index contributed by atoms with van der Waals surface area (Å²) >= 11 is 0. The van der Waals surface area contributed by atoms with Crippen LogP contribution in [-0.2, 0) is 16.6 Å². The number of hydrogen-bond acceptors (Lipinski definition) is 6. The minimum absolute atomic E-state index is 0.132. The standard InChI is InChI=1S/C20H21N3O5S/c1-23(2)29(25,26)17-6-4-5-14(11-17)13-21-20(24)18-12-19(28-22-18)15-7-9-16(27-3)10-8-15/h4-12H,13H2,1-3H3,(H,21,24). The molecule has 3 rings (SSSR count). The van der Waals surface area contributed by atoms with E-state index in [1.807, 2.05) is 0 Å². The number of carbonyl (C=O) groups is 1. The fourth-order valence-electron chi connectivity index (χ4n) is 2.57. The molecule has 2 aromatic carbocycles. The van der Waals surface area contributed by atoms with Crippen LogP contribution >= 0.6 is 0 Å². The molecule has 8 nitrogen and oxygen atoms in total. The minimum atomic E-state index is -3.54. The maximum atomic E-state index is 12.4. The second-order valence-corrected chi connectivity index (χ2v) is 8.57. The fourth-order valence-corrected chi connectivity index (χ4v) is 3.55.